The molecule has 0 amide bonds. The Morgan fingerprint density at radius 1 is 1.11 bits per heavy atom. The minimum absolute atomic E-state index is 0.505. The van der Waals surface area contributed by atoms with E-state index in [4.69, 9.17) is 0 Å². The summed E-state index contributed by atoms with van der Waals surface area (Å²) in [5.74, 6) is 0.712. The third-order valence-electron chi connectivity index (χ3n) is 3.39. The molecule has 1 unspecified atom stereocenters. The summed E-state index contributed by atoms with van der Waals surface area (Å²) < 4.78 is 0. The molecule has 0 saturated heterocycles. The second kappa shape index (κ2) is 6.79. The summed E-state index contributed by atoms with van der Waals surface area (Å²) in [5.41, 5.74) is 4.02. The first-order valence-electron chi connectivity index (χ1n) is 6.92. The van der Waals surface area contributed by atoms with Gasteiger partial charge in [-0.25, -0.2) is 0 Å². The van der Waals surface area contributed by atoms with E-state index in [0.29, 0.717) is 12.0 Å². The first-order valence-corrected chi connectivity index (χ1v) is 6.92. The molecule has 0 aliphatic rings. The highest BCUT2D eigenvalue weighted by Crippen LogP contribution is 2.21. The lowest BCUT2D eigenvalue weighted by Crippen LogP contribution is -2.39. The van der Waals surface area contributed by atoms with E-state index in [2.05, 4.69) is 70.1 Å². The van der Waals surface area contributed by atoms with Gasteiger partial charge in [0.05, 0.1) is 0 Å². The van der Waals surface area contributed by atoms with Crippen molar-refractivity contribution >= 4 is 5.69 Å². The zero-order chi connectivity index (χ0) is 13.7. The van der Waals surface area contributed by atoms with Gasteiger partial charge >= 0.3 is 0 Å². The number of hydrogen-bond acceptors (Lipinski definition) is 2. The van der Waals surface area contributed by atoms with Gasteiger partial charge in [0, 0.05) is 25.3 Å². The van der Waals surface area contributed by atoms with E-state index in [1.165, 1.54) is 16.8 Å². The van der Waals surface area contributed by atoms with Crippen molar-refractivity contribution in [3.05, 3.63) is 29.3 Å². The van der Waals surface area contributed by atoms with E-state index >= 15 is 0 Å². The molecule has 0 aliphatic heterocycles. The average molecular weight is 248 g/mol. The third-order valence-corrected chi connectivity index (χ3v) is 3.39. The van der Waals surface area contributed by atoms with Crippen LogP contribution in [0.4, 0.5) is 5.69 Å². The largest absolute Gasteiger partial charge is 0.370 e. The van der Waals surface area contributed by atoms with Crippen LogP contribution in [0.15, 0.2) is 18.2 Å². The predicted octanol–water partition coefficient (Wildman–Crippen LogP) is 3.37. The SMILES string of the molecule is Cc1ccc(N(C)C(C)CNCC(C)C)c(C)c1. The van der Waals surface area contributed by atoms with Crippen molar-refractivity contribution in [3.8, 4) is 0 Å². The number of nitrogens with zero attached hydrogens (tertiary/aromatic N) is 1. The van der Waals surface area contributed by atoms with Gasteiger partial charge in [-0.2, -0.15) is 0 Å². The first kappa shape index (κ1) is 15.0. The topological polar surface area (TPSA) is 15.3 Å². The van der Waals surface area contributed by atoms with Gasteiger partial charge in [-0.05, 0) is 44.9 Å². The number of likely N-dealkylation sites (N-methyl/N-ethyl adjacent to an activating group) is 1. The first-order chi connectivity index (χ1) is 8.41. The number of aryl methyl sites for hydroxylation is 2. The fraction of sp³-hybridized carbons (Fsp3) is 0.625. The molecule has 0 aliphatic carbocycles. The molecule has 1 rings (SSSR count). The van der Waals surface area contributed by atoms with Crippen molar-refractivity contribution in [1.82, 2.24) is 5.32 Å². The van der Waals surface area contributed by atoms with E-state index in [-0.39, 0.29) is 0 Å². The summed E-state index contributed by atoms with van der Waals surface area (Å²) >= 11 is 0. The summed E-state index contributed by atoms with van der Waals surface area (Å²) in [6.45, 7) is 13.2. The number of rotatable bonds is 6. The van der Waals surface area contributed by atoms with Gasteiger partial charge in [0.2, 0.25) is 0 Å². The Bertz CT molecular complexity index is 371. The number of benzene rings is 1. The Morgan fingerprint density at radius 2 is 1.78 bits per heavy atom. The zero-order valence-corrected chi connectivity index (χ0v) is 12.7. The van der Waals surface area contributed by atoms with Gasteiger partial charge in [0.25, 0.3) is 0 Å². The summed E-state index contributed by atoms with van der Waals surface area (Å²) in [6.07, 6.45) is 0. The Kier molecular flexibility index (Phi) is 5.67. The van der Waals surface area contributed by atoms with E-state index in [9.17, 15) is 0 Å². The highest BCUT2D eigenvalue weighted by atomic mass is 15.1. The monoisotopic (exact) mass is 248 g/mol. The van der Waals surface area contributed by atoms with Crippen molar-refractivity contribution in [2.24, 2.45) is 5.92 Å². The third kappa shape index (κ3) is 4.34. The van der Waals surface area contributed by atoms with E-state index in [1.807, 2.05) is 0 Å². The van der Waals surface area contributed by atoms with Gasteiger partial charge < -0.3 is 10.2 Å². The molecule has 0 spiro atoms. The van der Waals surface area contributed by atoms with Crippen LogP contribution in [0.1, 0.15) is 31.9 Å². The van der Waals surface area contributed by atoms with Crippen molar-refractivity contribution < 1.29 is 0 Å². The second-order valence-corrected chi connectivity index (χ2v) is 5.80. The molecule has 1 atom stereocenters. The van der Waals surface area contributed by atoms with Gasteiger partial charge in [0.1, 0.15) is 0 Å². The lowest BCUT2D eigenvalue weighted by atomic mass is 10.1. The minimum atomic E-state index is 0.505. The molecular weight excluding hydrogens is 220 g/mol. The molecule has 0 radical (unpaired) electrons. The van der Waals surface area contributed by atoms with Gasteiger partial charge in [0.15, 0.2) is 0 Å². The van der Waals surface area contributed by atoms with Crippen LogP contribution >= 0.6 is 0 Å². The standard InChI is InChI=1S/C16H28N2/c1-12(2)10-17-11-15(5)18(6)16-8-7-13(3)9-14(16)4/h7-9,12,15,17H,10-11H2,1-6H3. The molecule has 0 bridgehead atoms. The maximum absolute atomic E-state index is 3.52. The van der Waals surface area contributed by atoms with E-state index in [0.717, 1.165) is 13.1 Å². The van der Waals surface area contributed by atoms with Crippen LogP contribution in [-0.2, 0) is 0 Å². The lowest BCUT2D eigenvalue weighted by Gasteiger charge is -2.29. The summed E-state index contributed by atoms with van der Waals surface area (Å²) in [4.78, 5) is 2.36. The Balaban J connectivity index is 2.59. The molecule has 0 heterocycles. The molecule has 18 heavy (non-hydrogen) atoms. The molecule has 102 valence electrons. The number of hydrogen-bond donors (Lipinski definition) is 1. The fourth-order valence-corrected chi connectivity index (χ4v) is 2.16. The maximum Gasteiger partial charge on any atom is 0.0396 e. The molecule has 1 aromatic rings. The van der Waals surface area contributed by atoms with Crippen molar-refractivity contribution in [3.63, 3.8) is 0 Å². The van der Waals surface area contributed by atoms with Crippen LogP contribution in [0, 0.1) is 19.8 Å². The number of anilines is 1. The maximum atomic E-state index is 3.52. The fourth-order valence-electron chi connectivity index (χ4n) is 2.16. The van der Waals surface area contributed by atoms with Crippen molar-refractivity contribution in [2.45, 2.75) is 40.7 Å². The molecule has 1 N–H and O–H groups in total. The summed E-state index contributed by atoms with van der Waals surface area (Å²) in [7, 11) is 2.18. The second-order valence-electron chi connectivity index (χ2n) is 5.80. The minimum Gasteiger partial charge on any atom is -0.370 e. The lowest BCUT2D eigenvalue weighted by molar-refractivity contribution is 0.518. The van der Waals surface area contributed by atoms with Crippen LogP contribution in [0.2, 0.25) is 0 Å². The zero-order valence-electron chi connectivity index (χ0n) is 12.7. The van der Waals surface area contributed by atoms with Gasteiger partial charge in [-0.3, -0.25) is 0 Å². The van der Waals surface area contributed by atoms with Crippen LogP contribution < -0.4 is 10.2 Å². The van der Waals surface area contributed by atoms with Crippen LogP contribution in [0.3, 0.4) is 0 Å². The summed E-state index contributed by atoms with van der Waals surface area (Å²) in [6, 6.07) is 7.17. The van der Waals surface area contributed by atoms with Gasteiger partial charge in [-0.1, -0.05) is 31.5 Å². The molecule has 0 fully saturated rings. The number of nitrogens with one attached hydrogen (secondary N) is 1. The predicted molar refractivity (Wildman–Crippen MR) is 81.5 cm³/mol. The van der Waals surface area contributed by atoms with Crippen molar-refractivity contribution in [1.29, 1.82) is 0 Å². The van der Waals surface area contributed by atoms with Crippen LogP contribution in [0.25, 0.3) is 0 Å². The molecule has 0 saturated carbocycles. The highest BCUT2D eigenvalue weighted by Gasteiger charge is 2.11. The molecule has 2 nitrogen and oxygen atoms in total. The Labute approximate surface area is 112 Å². The van der Waals surface area contributed by atoms with Gasteiger partial charge in [-0.15, -0.1) is 0 Å². The molecule has 0 aromatic heterocycles. The van der Waals surface area contributed by atoms with Crippen molar-refractivity contribution in [2.75, 3.05) is 25.0 Å². The quantitative estimate of drug-likeness (QED) is 0.830. The molecule has 2 heteroatoms. The molecule has 1 aromatic carbocycles. The van der Waals surface area contributed by atoms with Crippen LogP contribution in [0.5, 0.6) is 0 Å². The van der Waals surface area contributed by atoms with Crippen LogP contribution in [-0.4, -0.2) is 26.2 Å². The van der Waals surface area contributed by atoms with E-state index in [1.54, 1.807) is 0 Å². The smallest absolute Gasteiger partial charge is 0.0396 e. The Morgan fingerprint density at radius 3 is 2.33 bits per heavy atom. The average Bonchev–Trinajstić information content (AvgIpc) is 2.27. The summed E-state index contributed by atoms with van der Waals surface area (Å²) in [5, 5.41) is 3.52. The Hall–Kier alpha value is -1.02. The molecular formula is C16H28N2. The van der Waals surface area contributed by atoms with E-state index < -0.39 is 0 Å². The normalized spacial score (nSPS) is 12.8. The highest BCUT2D eigenvalue weighted by molar-refractivity contribution is 5.54.